The van der Waals surface area contributed by atoms with Crippen molar-refractivity contribution >= 4 is 11.4 Å². The predicted molar refractivity (Wildman–Crippen MR) is 85.4 cm³/mol. The Labute approximate surface area is 116 Å². The van der Waals surface area contributed by atoms with Crippen LogP contribution in [0.3, 0.4) is 0 Å². The summed E-state index contributed by atoms with van der Waals surface area (Å²) in [5.41, 5.74) is 19.2. The van der Waals surface area contributed by atoms with Gasteiger partial charge in [0.2, 0.25) is 0 Å². The second kappa shape index (κ2) is 6.28. The summed E-state index contributed by atoms with van der Waals surface area (Å²) in [6, 6.07) is 10.2. The van der Waals surface area contributed by atoms with Gasteiger partial charge in [0.25, 0.3) is 0 Å². The molecular weight excluding hydrogens is 232 g/mol. The molecule has 2 aromatic carbocycles. The zero-order chi connectivity index (χ0) is 14.6. The van der Waals surface area contributed by atoms with Crippen molar-refractivity contribution in [2.75, 3.05) is 11.5 Å². The van der Waals surface area contributed by atoms with Gasteiger partial charge in [0.15, 0.2) is 0 Å². The van der Waals surface area contributed by atoms with Gasteiger partial charge in [-0.05, 0) is 57.4 Å². The van der Waals surface area contributed by atoms with Crippen molar-refractivity contribution in [3.8, 4) is 0 Å². The third-order valence-corrected chi connectivity index (χ3v) is 3.16. The van der Waals surface area contributed by atoms with Gasteiger partial charge in [-0.25, -0.2) is 0 Å². The van der Waals surface area contributed by atoms with E-state index in [0.29, 0.717) is 0 Å². The number of nitrogen functional groups attached to an aromatic ring is 2. The molecule has 0 fully saturated rings. The van der Waals surface area contributed by atoms with Crippen molar-refractivity contribution in [1.29, 1.82) is 0 Å². The van der Waals surface area contributed by atoms with Crippen LogP contribution in [0.1, 0.15) is 27.8 Å². The lowest BCUT2D eigenvalue weighted by molar-refractivity contribution is 1.33. The van der Waals surface area contributed by atoms with Crippen LogP contribution >= 0.6 is 0 Å². The molecule has 0 saturated heterocycles. The first-order valence-corrected chi connectivity index (χ1v) is 6.47. The molecule has 0 saturated carbocycles. The van der Waals surface area contributed by atoms with Crippen molar-refractivity contribution in [3.63, 3.8) is 0 Å². The lowest BCUT2D eigenvalue weighted by atomic mass is 10.1. The monoisotopic (exact) mass is 256 g/mol. The van der Waals surface area contributed by atoms with E-state index >= 15 is 0 Å². The molecule has 0 aromatic heterocycles. The maximum atomic E-state index is 5.75. The molecule has 102 valence electrons. The van der Waals surface area contributed by atoms with Gasteiger partial charge in [0, 0.05) is 11.4 Å². The summed E-state index contributed by atoms with van der Waals surface area (Å²) in [7, 11) is 0. The summed E-state index contributed by atoms with van der Waals surface area (Å²) in [5.74, 6) is 0. The molecule has 0 radical (unpaired) electrons. The molecule has 2 rings (SSSR count). The Morgan fingerprint density at radius 1 is 0.632 bits per heavy atom. The highest BCUT2D eigenvalue weighted by Crippen LogP contribution is 2.17. The Morgan fingerprint density at radius 3 is 1.53 bits per heavy atom. The van der Waals surface area contributed by atoms with Crippen LogP contribution in [-0.2, 0) is 0 Å². The lowest BCUT2D eigenvalue weighted by Gasteiger charge is -2.04. The van der Waals surface area contributed by atoms with Gasteiger partial charge in [0.1, 0.15) is 0 Å². The standard InChI is InChI=1S/C9H13N.C8H11N/c1-6-4-7(2)9(10)8(3)5-6;1-6-3-4-8(9)7(2)5-6/h4-5H,10H2,1-3H3;3-5H,9H2,1-2H3. The molecule has 2 heteroatoms. The Hall–Kier alpha value is -1.96. The van der Waals surface area contributed by atoms with E-state index in [1.54, 1.807) is 0 Å². The molecule has 0 unspecified atom stereocenters. The lowest BCUT2D eigenvalue weighted by Crippen LogP contribution is -1.93. The molecule has 0 aliphatic carbocycles. The van der Waals surface area contributed by atoms with Crippen molar-refractivity contribution in [2.45, 2.75) is 34.6 Å². The normalized spacial score (nSPS) is 9.74. The molecule has 0 bridgehead atoms. The number of hydrogen-bond acceptors (Lipinski definition) is 2. The topological polar surface area (TPSA) is 52.0 Å². The van der Waals surface area contributed by atoms with Crippen LogP contribution in [0.2, 0.25) is 0 Å². The molecule has 0 aliphatic rings. The number of benzene rings is 2. The maximum absolute atomic E-state index is 5.75. The Morgan fingerprint density at radius 2 is 1.11 bits per heavy atom. The highest BCUT2D eigenvalue weighted by Gasteiger charge is 1.96. The zero-order valence-electron chi connectivity index (χ0n) is 12.5. The number of rotatable bonds is 0. The SMILES string of the molecule is Cc1cc(C)c(N)c(C)c1.Cc1ccc(N)c(C)c1. The number of anilines is 2. The quantitative estimate of drug-likeness (QED) is 0.698. The second-order valence-corrected chi connectivity index (χ2v) is 5.17. The van der Waals surface area contributed by atoms with Crippen LogP contribution in [0.4, 0.5) is 11.4 Å². The molecule has 0 heterocycles. The van der Waals surface area contributed by atoms with Gasteiger partial charge in [0.05, 0.1) is 0 Å². The van der Waals surface area contributed by atoms with Gasteiger partial charge in [-0.3, -0.25) is 0 Å². The number of hydrogen-bond donors (Lipinski definition) is 2. The van der Waals surface area contributed by atoms with E-state index in [0.717, 1.165) is 16.9 Å². The highest BCUT2D eigenvalue weighted by molar-refractivity contribution is 5.54. The Bertz CT molecular complexity index is 548. The summed E-state index contributed by atoms with van der Waals surface area (Å²) in [6.45, 7) is 10.2. The van der Waals surface area contributed by atoms with Crippen LogP contribution in [0.5, 0.6) is 0 Å². The van der Waals surface area contributed by atoms with Crippen molar-refractivity contribution in [2.24, 2.45) is 0 Å². The summed E-state index contributed by atoms with van der Waals surface area (Å²) < 4.78 is 0. The minimum Gasteiger partial charge on any atom is -0.399 e. The number of aryl methyl sites for hydroxylation is 5. The molecule has 0 amide bonds. The minimum atomic E-state index is 0.876. The van der Waals surface area contributed by atoms with Gasteiger partial charge < -0.3 is 11.5 Å². The first-order valence-electron chi connectivity index (χ1n) is 6.47. The second-order valence-electron chi connectivity index (χ2n) is 5.17. The first kappa shape index (κ1) is 15.1. The predicted octanol–water partition coefficient (Wildman–Crippen LogP) is 4.08. The van der Waals surface area contributed by atoms with Crippen LogP contribution < -0.4 is 11.5 Å². The van der Waals surface area contributed by atoms with E-state index in [1.807, 2.05) is 32.9 Å². The minimum absolute atomic E-state index is 0.876. The van der Waals surface area contributed by atoms with Crippen LogP contribution in [-0.4, -0.2) is 0 Å². The van der Waals surface area contributed by atoms with Gasteiger partial charge in [-0.2, -0.15) is 0 Å². The molecule has 0 atom stereocenters. The van der Waals surface area contributed by atoms with E-state index in [4.69, 9.17) is 11.5 Å². The van der Waals surface area contributed by atoms with Crippen LogP contribution in [0.15, 0.2) is 30.3 Å². The third-order valence-electron chi connectivity index (χ3n) is 3.16. The Balaban J connectivity index is 0.000000191. The van der Waals surface area contributed by atoms with E-state index in [-0.39, 0.29) is 0 Å². The van der Waals surface area contributed by atoms with E-state index in [2.05, 4.69) is 32.0 Å². The fraction of sp³-hybridized carbons (Fsp3) is 0.294. The van der Waals surface area contributed by atoms with Gasteiger partial charge in [-0.15, -0.1) is 0 Å². The smallest absolute Gasteiger partial charge is 0.0373 e. The molecular formula is C17H24N2. The third kappa shape index (κ3) is 4.32. The van der Waals surface area contributed by atoms with Gasteiger partial charge in [-0.1, -0.05) is 35.4 Å². The van der Waals surface area contributed by atoms with E-state index in [1.165, 1.54) is 22.3 Å². The molecule has 4 N–H and O–H groups in total. The largest absolute Gasteiger partial charge is 0.399 e. The molecule has 19 heavy (non-hydrogen) atoms. The average molecular weight is 256 g/mol. The Kier molecular flexibility index (Phi) is 4.99. The first-order chi connectivity index (χ1) is 8.81. The fourth-order valence-electron chi connectivity index (χ4n) is 2.02. The molecule has 0 spiro atoms. The van der Waals surface area contributed by atoms with Crippen molar-refractivity contribution in [3.05, 3.63) is 58.1 Å². The van der Waals surface area contributed by atoms with E-state index < -0.39 is 0 Å². The fourth-order valence-corrected chi connectivity index (χ4v) is 2.02. The summed E-state index contributed by atoms with van der Waals surface area (Å²) in [4.78, 5) is 0. The summed E-state index contributed by atoms with van der Waals surface area (Å²) in [6.07, 6.45) is 0. The molecule has 2 nitrogen and oxygen atoms in total. The molecule has 0 aliphatic heterocycles. The van der Waals surface area contributed by atoms with Gasteiger partial charge >= 0.3 is 0 Å². The van der Waals surface area contributed by atoms with Crippen molar-refractivity contribution < 1.29 is 0 Å². The average Bonchev–Trinajstić information content (AvgIpc) is 2.32. The number of nitrogens with two attached hydrogens (primary N) is 2. The van der Waals surface area contributed by atoms with Crippen molar-refractivity contribution in [1.82, 2.24) is 0 Å². The zero-order valence-corrected chi connectivity index (χ0v) is 12.5. The van der Waals surface area contributed by atoms with E-state index in [9.17, 15) is 0 Å². The molecule has 2 aromatic rings. The summed E-state index contributed by atoms with van der Waals surface area (Å²) in [5, 5.41) is 0. The summed E-state index contributed by atoms with van der Waals surface area (Å²) >= 11 is 0. The maximum Gasteiger partial charge on any atom is 0.0373 e. The highest BCUT2D eigenvalue weighted by atomic mass is 14.6. The van der Waals surface area contributed by atoms with Crippen LogP contribution in [0.25, 0.3) is 0 Å². The van der Waals surface area contributed by atoms with Crippen LogP contribution in [0, 0.1) is 34.6 Å².